The first-order valence-electron chi connectivity index (χ1n) is 3.93. The number of hydrogen-bond acceptors (Lipinski definition) is 4. The van der Waals surface area contributed by atoms with E-state index in [2.05, 4.69) is 0 Å². The Labute approximate surface area is 80.2 Å². The largest absolute Gasteiger partial charge is 0.507 e. The number of aromatic hydroxyl groups is 1. The van der Waals surface area contributed by atoms with E-state index in [0.29, 0.717) is 0 Å². The van der Waals surface area contributed by atoms with Gasteiger partial charge in [-0.3, -0.25) is 4.79 Å². The molecule has 1 rings (SSSR count). The predicted molar refractivity (Wildman–Crippen MR) is 48.1 cm³/mol. The molecule has 4 heteroatoms. The minimum atomic E-state index is -1.33. The average Bonchev–Trinajstić information content (AvgIpc) is 2.20. The van der Waals surface area contributed by atoms with Crippen molar-refractivity contribution in [2.24, 2.45) is 5.92 Å². The molecule has 0 saturated carbocycles. The Hall–Kier alpha value is -1.97. The van der Waals surface area contributed by atoms with Crippen molar-refractivity contribution in [3.8, 4) is 5.75 Å². The minimum absolute atomic E-state index is 0.0169. The zero-order valence-electron chi connectivity index (χ0n) is 7.21. The van der Waals surface area contributed by atoms with Crippen LogP contribution >= 0.6 is 0 Å². The number of benzene rings is 1. The molecular weight excluding hydrogens is 184 g/mol. The summed E-state index contributed by atoms with van der Waals surface area (Å²) < 4.78 is 0. The van der Waals surface area contributed by atoms with Gasteiger partial charge in [0.1, 0.15) is 24.2 Å². The van der Waals surface area contributed by atoms with Crippen molar-refractivity contribution in [3.63, 3.8) is 0 Å². The van der Waals surface area contributed by atoms with E-state index in [0.717, 1.165) is 0 Å². The van der Waals surface area contributed by atoms with Gasteiger partial charge in [-0.05, 0) is 12.1 Å². The number of Topliss-reactive ketones (excluding diaryl/α,β-unsaturated/α-hetero) is 1. The Morgan fingerprint density at radius 1 is 1.21 bits per heavy atom. The van der Waals surface area contributed by atoms with Crippen LogP contribution < -0.4 is 0 Å². The van der Waals surface area contributed by atoms with Gasteiger partial charge in [-0.15, -0.1) is 0 Å². The smallest absolute Gasteiger partial charge is 0.183 e. The lowest BCUT2D eigenvalue weighted by atomic mass is 9.99. The summed E-state index contributed by atoms with van der Waals surface area (Å²) in [7, 11) is 0. The van der Waals surface area contributed by atoms with Gasteiger partial charge in [-0.25, -0.2) is 0 Å². The molecule has 0 aliphatic heterocycles. The monoisotopic (exact) mass is 192 g/mol. The Balaban J connectivity index is 3.05. The number of carbonyl (C=O) groups excluding carboxylic acids is 3. The van der Waals surface area contributed by atoms with E-state index < -0.39 is 11.7 Å². The Kier molecular flexibility index (Phi) is 3.12. The summed E-state index contributed by atoms with van der Waals surface area (Å²) in [5.41, 5.74) is -0.0169. The summed E-state index contributed by atoms with van der Waals surface area (Å²) in [5.74, 6) is -2.25. The maximum Gasteiger partial charge on any atom is 0.183 e. The molecule has 0 fully saturated rings. The van der Waals surface area contributed by atoms with Crippen LogP contribution in [0.1, 0.15) is 10.4 Å². The lowest BCUT2D eigenvalue weighted by Crippen LogP contribution is -2.17. The molecule has 0 radical (unpaired) electrons. The zero-order chi connectivity index (χ0) is 10.6. The fourth-order valence-corrected chi connectivity index (χ4v) is 1.02. The fraction of sp³-hybridized carbons (Fsp3) is 0.100. The third-order valence-corrected chi connectivity index (χ3v) is 1.77. The molecule has 0 saturated heterocycles. The summed E-state index contributed by atoms with van der Waals surface area (Å²) in [4.78, 5) is 32.1. The molecule has 0 aliphatic rings. The van der Waals surface area contributed by atoms with Crippen LogP contribution in [0.4, 0.5) is 0 Å². The Morgan fingerprint density at radius 3 is 2.29 bits per heavy atom. The van der Waals surface area contributed by atoms with E-state index in [1.165, 1.54) is 12.1 Å². The molecule has 14 heavy (non-hydrogen) atoms. The molecule has 0 heterocycles. The molecule has 0 aliphatic carbocycles. The first-order chi connectivity index (χ1) is 6.70. The first-order valence-corrected chi connectivity index (χ1v) is 3.93. The van der Waals surface area contributed by atoms with Crippen LogP contribution in [-0.2, 0) is 9.59 Å². The number of phenolic OH excluding ortho intramolecular Hbond substituents is 1. The average molecular weight is 192 g/mol. The van der Waals surface area contributed by atoms with Crippen molar-refractivity contribution < 1.29 is 19.5 Å². The summed E-state index contributed by atoms with van der Waals surface area (Å²) in [5, 5.41) is 9.27. The molecule has 0 unspecified atom stereocenters. The highest BCUT2D eigenvalue weighted by molar-refractivity contribution is 6.15. The molecule has 1 aromatic rings. The Morgan fingerprint density at radius 2 is 1.79 bits per heavy atom. The molecule has 1 aromatic carbocycles. The van der Waals surface area contributed by atoms with E-state index in [1.54, 1.807) is 12.1 Å². The van der Waals surface area contributed by atoms with Gasteiger partial charge in [0.05, 0.1) is 5.56 Å². The molecule has 0 atom stereocenters. The second-order valence-electron chi connectivity index (χ2n) is 2.68. The van der Waals surface area contributed by atoms with Crippen LogP contribution in [0.2, 0.25) is 0 Å². The number of aldehydes is 2. The van der Waals surface area contributed by atoms with Crippen molar-refractivity contribution in [2.75, 3.05) is 0 Å². The van der Waals surface area contributed by atoms with Crippen molar-refractivity contribution in [1.82, 2.24) is 0 Å². The van der Waals surface area contributed by atoms with Gasteiger partial charge in [0.2, 0.25) is 0 Å². The SMILES string of the molecule is O=CC(C=O)C(=O)c1ccccc1O. The maximum absolute atomic E-state index is 11.4. The van der Waals surface area contributed by atoms with E-state index in [9.17, 15) is 19.5 Å². The van der Waals surface area contributed by atoms with Crippen LogP contribution in [0.25, 0.3) is 0 Å². The van der Waals surface area contributed by atoms with Crippen LogP contribution in [0.15, 0.2) is 24.3 Å². The number of para-hydroxylation sites is 1. The highest BCUT2D eigenvalue weighted by Gasteiger charge is 2.20. The van der Waals surface area contributed by atoms with Gasteiger partial charge < -0.3 is 14.7 Å². The molecule has 0 bridgehead atoms. The zero-order valence-corrected chi connectivity index (χ0v) is 7.21. The number of rotatable bonds is 4. The summed E-state index contributed by atoms with van der Waals surface area (Å²) >= 11 is 0. The number of hydrogen-bond donors (Lipinski definition) is 1. The second kappa shape index (κ2) is 4.32. The van der Waals surface area contributed by atoms with E-state index in [-0.39, 0.29) is 23.9 Å². The first kappa shape index (κ1) is 10.1. The lowest BCUT2D eigenvalue weighted by Gasteiger charge is -2.03. The van der Waals surface area contributed by atoms with Gasteiger partial charge >= 0.3 is 0 Å². The van der Waals surface area contributed by atoms with Crippen LogP contribution in [0, 0.1) is 5.92 Å². The summed E-state index contributed by atoms with van der Waals surface area (Å²) in [6.45, 7) is 0. The van der Waals surface area contributed by atoms with E-state index in [4.69, 9.17) is 0 Å². The number of carbonyl (C=O) groups is 3. The maximum atomic E-state index is 11.4. The third-order valence-electron chi connectivity index (χ3n) is 1.77. The topological polar surface area (TPSA) is 71.4 Å². The molecule has 0 amide bonds. The molecule has 0 aromatic heterocycles. The summed E-state index contributed by atoms with van der Waals surface area (Å²) in [6, 6.07) is 5.76. The summed E-state index contributed by atoms with van der Waals surface area (Å²) in [6.07, 6.45) is 0.504. The standard InChI is InChI=1S/C10H8O4/c11-5-7(6-12)10(14)8-3-1-2-4-9(8)13/h1-7,13H. The number of ketones is 1. The van der Waals surface area contributed by atoms with Crippen LogP contribution in [0.3, 0.4) is 0 Å². The molecule has 72 valence electrons. The van der Waals surface area contributed by atoms with Crippen molar-refractivity contribution >= 4 is 18.4 Å². The van der Waals surface area contributed by atoms with Gasteiger partial charge in [0.25, 0.3) is 0 Å². The quantitative estimate of drug-likeness (QED) is 0.430. The highest BCUT2D eigenvalue weighted by atomic mass is 16.3. The van der Waals surface area contributed by atoms with Gasteiger partial charge in [-0.2, -0.15) is 0 Å². The van der Waals surface area contributed by atoms with Crippen molar-refractivity contribution in [1.29, 1.82) is 0 Å². The second-order valence-corrected chi connectivity index (χ2v) is 2.68. The highest BCUT2D eigenvalue weighted by Crippen LogP contribution is 2.18. The van der Waals surface area contributed by atoms with Crippen LogP contribution in [-0.4, -0.2) is 23.5 Å². The van der Waals surface area contributed by atoms with E-state index in [1.807, 2.05) is 0 Å². The van der Waals surface area contributed by atoms with Gasteiger partial charge in [0, 0.05) is 0 Å². The Bertz CT molecular complexity index is 362. The molecule has 1 N–H and O–H groups in total. The predicted octanol–water partition coefficient (Wildman–Crippen LogP) is 0.589. The van der Waals surface area contributed by atoms with Crippen molar-refractivity contribution in [2.45, 2.75) is 0 Å². The van der Waals surface area contributed by atoms with Crippen LogP contribution in [0.5, 0.6) is 5.75 Å². The lowest BCUT2D eigenvalue weighted by molar-refractivity contribution is -0.117. The van der Waals surface area contributed by atoms with Crippen molar-refractivity contribution in [3.05, 3.63) is 29.8 Å². The minimum Gasteiger partial charge on any atom is -0.507 e. The normalized spacial score (nSPS) is 9.79. The molecule has 0 spiro atoms. The van der Waals surface area contributed by atoms with Gasteiger partial charge in [-0.1, -0.05) is 12.1 Å². The van der Waals surface area contributed by atoms with Gasteiger partial charge in [0.15, 0.2) is 5.78 Å². The molecular formula is C10H8O4. The van der Waals surface area contributed by atoms with E-state index >= 15 is 0 Å². The molecule has 4 nitrogen and oxygen atoms in total. The fourth-order valence-electron chi connectivity index (χ4n) is 1.02. The third kappa shape index (κ3) is 1.85. The number of phenols is 1.